The van der Waals surface area contributed by atoms with Gasteiger partial charge in [0, 0.05) is 30.5 Å². The Hall–Kier alpha value is -3.71. The highest BCUT2D eigenvalue weighted by molar-refractivity contribution is 7.89. The zero-order valence-electron chi connectivity index (χ0n) is 16.2. The van der Waals surface area contributed by atoms with Crippen LogP contribution in [-0.4, -0.2) is 49.7 Å². The minimum absolute atomic E-state index is 0.0593. The van der Waals surface area contributed by atoms with E-state index in [0.29, 0.717) is 17.3 Å². The summed E-state index contributed by atoms with van der Waals surface area (Å²) in [5.41, 5.74) is 0.585. The molecule has 0 fully saturated rings. The van der Waals surface area contributed by atoms with Crippen LogP contribution in [0.4, 0.5) is 5.69 Å². The number of rotatable bonds is 10. The van der Waals surface area contributed by atoms with E-state index in [1.54, 1.807) is 17.0 Å². The second-order valence-electron chi connectivity index (χ2n) is 6.63. The third-order valence-electron chi connectivity index (χ3n) is 4.41. The zero-order valence-corrected chi connectivity index (χ0v) is 17.0. The number of carboxylic acid groups (broad SMARTS) is 2. The molecule has 0 aliphatic rings. The van der Waals surface area contributed by atoms with Crippen molar-refractivity contribution in [1.29, 1.82) is 0 Å². The first-order chi connectivity index (χ1) is 14.6. The van der Waals surface area contributed by atoms with Gasteiger partial charge >= 0.3 is 11.9 Å². The van der Waals surface area contributed by atoms with Gasteiger partial charge in [-0.15, -0.1) is 0 Å². The lowest BCUT2D eigenvalue weighted by molar-refractivity contribution is -0.138. The smallest absolute Gasteiger partial charge is 0.323 e. The van der Waals surface area contributed by atoms with Gasteiger partial charge in [0.05, 0.1) is 18.0 Å². The molecular weight excluding hydrogens is 428 g/mol. The van der Waals surface area contributed by atoms with Crippen LogP contribution < -0.4 is 10.0 Å². The molecule has 31 heavy (non-hydrogen) atoms. The fourth-order valence-electron chi connectivity index (χ4n) is 2.99. The maximum Gasteiger partial charge on any atom is 0.323 e. The molecule has 2 aromatic heterocycles. The van der Waals surface area contributed by atoms with Crippen LogP contribution in [0.3, 0.4) is 0 Å². The van der Waals surface area contributed by atoms with Gasteiger partial charge in [-0.3, -0.25) is 9.59 Å². The number of benzene rings is 1. The molecule has 13 heteroatoms. The van der Waals surface area contributed by atoms with E-state index in [1.165, 1.54) is 46.1 Å². The van der Waals surface area contributed by atoms with Crippen LogP contribution in [0.1, 0.15) is 11.6 Å². The Balaban J connectivity index is 1.94. The molecule has 164 valence electrons. The van der Waals surface area contributed by atoms with Crippen molar-refractivity contribution in [3.63, 3.8) is 0 Å². The predicted octanol–water partition coefficient (Wildman–Crippen LogP) is 0.103. The number of aliphatic carboxylic acids is 2. The Morgan fingerprint density at radius 1 is 0.903 bits per heavy atom. The number of aromatic nitrogens is 4. The summed E-state index contributed by atoms with van der Waals surface area (Å²) in [6.45, 7) is -0.230. The van der Waals surface area contributed by atoms with E-state index in [9.17, 15) is 18.0 Å². The van der Waals surface area contributed by atoms with Gasteiger partial charge in [-0.2, -0.15) is 0 Å². The normalized spacial score (nSPS) is 11.4. The second-order valence-corrected chi connectivity index (χ2v) is 8.19. The average Bonchev–Trinajstić information content (AvgIpc) is 3.29. The Morgan fingerprint density at radius 3 is 1.74 bits per heavy atom. The summed E-state index contributed by atoms with van der Waals surface area (Å²) in [5.74, 6) is -1.15. The van der Waals surface area contributed by atoms with Crippen molar-refractivity contribution in [2.75, 3.05) is 4.90 Å². The lowest BCUT2D eigenvalue weighted by Gasteiger charge is -2.25. The van der Waals surface area contributed by atoms with Crippen molar-refractivity contribution < 1.29 is 28.2 Å². The van der Waals surface area contributed by atoms with Gasteiger partial charge < -0.3 is 24.2 Å². The fraction of sp³-hybridized carbons (Fsp3) is 0.222. The summed E-state index contributed by atoms with van der Waals surface area (Å²) in [5, 5.41) is 23.3. The first-order valence-electron chi connectivity index (χ1n) is 8.95. The first kappa shape index (κ1) is 22.0. The van der Waals surface area contributed by atoms with Crippen molar-refractivity contribution in [2.24, 2.45) is 5.14 Å². The number of nitrogens with two attached hydrogens (primary N) is 1. The van der Waals surface area contributed by atoms with Crippen molar-refractivity contribution in [2.45, 2.75) is 31.1 Å². The van der Waals surface area contributed by atoms with Gasteiger partial charge in [-0.25, -0.2) is 23.5 Å². The largest absolute Gasteiger partial charge is 0.480 e. The third-order valence-corrected chi connectivity index (χ3v) is 5.34. The number of nitrogens with zero attached hydrogens (tertiary/aromatic N) is 5. The number of imidazole rings is 2. The highest BCUT2D eigenvalue weighted by Crippen LogP contribution is 2.21. The number of sulfonamides is 1. The lowest BCUT2D eigenvalue weighted by Crippen LogP contribution is -2.27. The Morgan fingerprint density at radius 2 is 1.35 bits per heavy atom. The Kier molecular flexibility index (Phi) is 6.36. The number of carbonyl (C=O) groups is 2. The summed E-state index contributed by atoms with van der Waals surface area (Å²) < 4.78 is 26.0. The highest BCUT2D eigenvalue weighted by Gasteiger charge is 2.17. The van der Waals surface area contributed by atoms with Crippen LogP contribution >= 0.6 is 0 Å². The van der Waals surface area contributed by atoms with Crippen LogP contribution in [0.25, 0.3) is 0 Å². The van der Waals surface area contributed by atoms with Crippen LogP contribution in [0.2, 0.25) is 0 Å². The maximum atomic E-state index is 11.5. The second kappa shape index (κ2) is 8.97. The summed E-state index contributed by atoms with van der Waals surface area (Å²) in [6, 6.07) is 5.81. The van der Waals surface area contributed by atoms with Crippen LogP contribution in [0.15, 0.2) is 53.9 Å². The monoisotopic (exact) mass is 448 g/mol. The Bertz CT molecular complexity index is 1130. The molecule has 1 aromatic carbocycles. The average molecular weight is 448 g/mol. The van der Waals surface area contributed by atoms with Crippen molar-refractivity contribution in [3.05, 3.63) is 60.7 Å². The van der Waals surface area contributed by atoms with Crippen molar-refractivity contribution >= 4 is 27.6 Å². The van der Waals surface area contributed by atoms with Gasteiger partial charge in [0.2, 0.25) is 10.0 Å². The summed E-state index contributed by atoms with van der Waals surface area (Å²) in [7, 11) is -3.87. The number of anilines is 1. The number of carboxylic acids is 2. The van der Waals surface area contributed by atoms with E-state index >= 15 is 0 Å². The molecule has 4 N–H and O–H groups in total. The Labute approximate surface area is 177 Å². The number of hydrogen-bond acceptors (Lipinski definition) is 7. The lowest BCUT2D eigenvalue weighted by atomic mass is 10.2. The van der Waals surface area contributed by atoms with Crippen LogP contribution in [0, 0.1) is 0 Å². The fourth-order valence-corrected chi connectivity index (χ4v) is 3.50. The quantitative estimate of drug-likeness (QED) is 0.389. The maximum absolute atomic E-state index is 11.5. The van der Waals surface area contributed by atoms with Crippen molar-refractivity contribution in [1.82, 2.24) is 19.1 Å². The first-order valence-corrected chi connectivity index (χ1v) is 10.5. The molecule has 3 rings (SSSR count). The minimum Gasteiger partial charge on any atom is -0.480 e. The summed E-state index contributed by atoms with van der Waals surface area (Å²) >= 11 is 0. The van der Waals surface area contributed by atoms with Gasteiger partial charge in [-0.1, -0.05) is 0 Å². The van der Waals surface area contributed by atoms with Gasteiger partial charge in [0.1, 0.15) is 24.7 Å². The van der Waals surface area contributed by atoms with Crippen molar-refractivity contribution in [3.8, 4) is 0 Å². The van der Waals surface area contributed by atoms with Gasteiger partial charge in [0.25, 0.3) is 0 Å². The molecule has 0 bridgehead atoms. The molecule has 0 aliphatic carbocycles. The molecule has 2 heterocycles. The number of hydrogen-bond donors (Lipinski definition) is 3. The van der Waals surface area contributed by atoms with Crippen LogP contribution in [0.5, 0.6) is 0 Å². The molecule has 0 aliphatic heterocycles. The van der Waals surface area contributed by atoms with Gasteiger partial charge in [0.15, 0.2) is 0 Å². The summed E-state index contributed by atoms with van der Waals surface area (Å²) in [4.78, 5) is 32.4. The number of primary sulfonamides is 1. The molecule has 0 radical (unpaired) electrons. The van der Waals surface area contributed by atoms with E-state index in [4.69, 9.17) is 15.4 Å². The standard InChI is InChI=1S/C18H20N6O6S/c19-31(29,30)14-3-1-13(2-4-14)24(9-15-20-5-7-22(15)11-17(25)26)10-16-21-6-8-23(16)12-18(27)28/h1-8H,9-12H2,(H,25,26)(H,27,28)(H2,19,29,30). The third kappa shape index (κ3) is 5.67. The minimum atomic E-state index is -3.87. The molecule has 3 aromatic rings. The molecule has 0 saturated carbocycles. The SMILES string of the molecule is NS(=O)(=O)c1ccc(N(Cc2nccn2CC(=O)O)Cc2nccn2CC(=O)O)cc1. The van der Waals surface area contributed by atoms with E-state index in [-0.39, 0.29) is 31.1 Å². The molecule has 0 unspecified atom stereocenters. The predicted molar refractivity (Wildman–Crippen MR) is 107 cm³/mol. The molecule has 0 spiro atoms. The van der Waals surface area contributed by atoms with E-state index in [1.807, 2.05) is 0 Å². The van der Waals surface area contributed by atoms with Gasteiger partial charge in [-0.05, 0) is 24.3 Å². The summed E-state index contributed by atoms with van der Waals surface area (Å²) in [6.07, 6.45) is 6.03. The van der Waals surface area contributed by atoms with E-state index < -0.39 is 22.0 Å². The van der Waals surface area contributed by atoms with Crippen LogP contribution in [-0.2, 0) is 45.8 Å². The molecule has 12 nitrogen and oxygen atoms in total. The topological polar surface area (TPSA) is 174 Å². The molecule has 0 atom stereocenters. The zero-order chi connectivity index (χ0) is 22.6. The highest BCUT2D eigenvalue weighted by atomic mass is 32.2. The molecule has 0 saturated heterocycles. The molecule has 0 amide bonds. The van der Waals surface area contributed by atoms with E-state index in [0.717, 1.165) is 0 Å². The molecular formula is C18H20N6O6S. The van der Waals surface area contributed by atoms with E-state index in [2.05, 4.69) is 9.97 Å².